The van der Waals surface area contributed by atoms with Crippen LogP contribution >= 0.6 is 0 Å². The van der Waals surface area contributed by atoms with Gasteiger partial charge >= 0.3 is 6.18 Å². The summed E-state index contributed by atoms with van der Waals surface area (Å²) >= 11 is 0. The van der Waals surface area contributed by atoms with Gasteiger partial charge in [0.25, 0.3) is 11.9 Å². The summed E-state index contributed by atoms with van der Waals surface area (Å²) in [6, 6.07) is 6.44. The van der Waals surface area contributed by atoms with E-state index in [1.54, 1.807) is 0 Å². The molecule has 1 aromatic carbocycles. The Morgan fingerprint density at radius 1 is 1.32 bits per heavy atom. The summed E-state index contributed by atoms with van der Waals surface area (Å²) in [7, 11) is 0. The first-order valence-electron chi connectivity index (χ1n) is 8.66. The summed E-state index contributed by atoms with van der Waals surface area (Å²) in [5.74, 6) is -1.80. The van der Waals surface area contributed by atoms with E-state index < -0.39 is 47.3 Å². The average molecular weight is 439 g/mol. The van der Waals surface area contributed by atoms with E-state index in [4.69, 9.17) is 11.0 Å². The van der Waals surface area contributed by atoms with Gasteiger partial charge in [-0.25, -0.2) is 18.8 Å². The molecule has 12 heteroatoms. The maximum Gasteiger partial charge on any atom is 0.428 e. The first-order chi connectivity index (χ1) is 14.5. The van der Waals surface area contributed by atoms with Crippen molar-refractivity contribution in [2.45, 2.75) is 30.9 Å². The van der Waals surface area contributed by atoms with Crippen molar-refractivity contribution in [3.63, 3.8) is 0 Å². The number of carbonyl (C=O) groups is 1. The van der Waals surface area contributed by atoms with Crippen LogP contribution in [-0.4, -0.2) is 35.4 Å². The molecule has 3 rings (SSSR count). The number of rotatable bonds is 3. The maximum atomic E-state index is 14.9. The van der Waals surface area contributed by atoms with Crippen LogP contribution in [0.5, 0.6) is 0 Å². The van der Waals surface area contributed by atoms with Crippen molar-refractivity contribution in [2.24, 2.45) is 10.7 Å². The monoisotopic (exact) mass is 439 g/mol. The van der Waals surface area contributed by atoms with Crippen molar-refractivity contribution in [2.75, 3.05) is 5.32 Å². The summed E-state index contributed by atoms with van der Waals surface area (Å²) in [6.45, 7) is 0.942. The molecule has 0 saturated heterocycles. The van der Waals surface area contributed by atoms with Crippen molar-refractivity contribution in [1.82, 2.24) is 4.98 Å². The highest BCUT2D eigenvalue weighted by Crippen LogP contribution is 2.43. The molecule has 2 aromatic rings. The number of pyridine rings is 1. The van der Waals surface area contributed by atoms with E-state index >= 15 is 0 Å². The number of nitrogens with two attached hydrogens (primary N) is 1. The highest BCUT2D eigenvalue weighted by molar-refractivity contribution is 6.02. The molecule has 31 heavy (non-hydrogen) atoms. The fourth-order valence-electron chi connectivity index (χ4n) is 3.02. The number of alkyl halides is 4. The smallest absolute Gasteiger partial charge is 0.428 e. The fourth-order valence-corrected chi connectivity index (χ4v) is 3.02. The van der Waals surface area contributed by atoms with Gasteiger partial charge in [-0.05, 0) is 37.3 Å². The number of aromatic nitrogens is 1. The van der Waals surface area contributed by atoms with Gasteiger partial charge in [0.05, 0.1) is 5.56 Å². The molecule has 1 aliphatic rings. The zero-order valence-electron chi connectivity index (χ0n) is 15.7. The van der Waals surface area contributed by atoms with Gasteiger partial charge in [0.2, 0.25) is 6.10 Å². The van der Waals surface area contributed by atoms with Crippen LogP contribution in [0.15, 0.2) is 41.5 Å². The Balaban J connectivity index is 1.95. The van der Waals surface area contributed by atoms with E-state index in [0.717, 1.165) is 31.3 Å². The molecular formula is C19H14F5N5O2. The largest absolute Gasteiger partial charge is 0.449 e. The Hall–Kier alpha value is -3.75. The minimum Gasteiger partial charge on any atom is -0.449 e. The lowest BCUT2D eigenvalue weighted by Gasteiger charge is -2.39. The number of nitriles is 1. The predicted molar refractivity (Wildman–Crippen MR) is 98.1 cm³/mol. The standard InChI is InChI=1S/C19H14F5N5O2/c1-18(14(21)15(19(22,23)24)31-17(26)29-18)11-6-10(3-4-12(11)20)28-16(30)13-5-2-9(7-25)8-27-13/h2-6,8,14-15H,1H3,(H2,26,29)(H,28,30)/t14-,15-,18+/m0/s1. The molecule has 7 nitrogen and oxygen atoms in total. The minimum absolute atomic E-state index is 0.0511. The van der Waals surface area contributed by atoms with Crippen molar-refractivity contribution < 1.29 is 31.5 Å². The van der Waals surface area contributed by atoms with Gasteiger partial charge in [-0.1, -0.05) is 0 Å². The number of hydrogen-bond acceptors (Lipinski definition) is 6. The Kier molecular flexibility index (Phi) is 5.54. The number of hydrogen-bond donors (Lipinski definition) is 2. The van der Waals surface area contributed by atoms with Crippen LogP contribution < -0.4 is 11.1 Å². The molecule has 2 heterocycles. The Labute approximate surface area is 172 Å². The van der Waals surface area contributed by atoms with Gasteiger partial charge in [-0.3, -0.25) is 4.79 Å². The molecular weight excluding hydrogens is 425 g/mol. The summed E-state index contributed by atoms with van der Waals surface area (Å²) in [4.78, 5) is 19.7. The molecule has 0 radical (unpaired) electrons. The highest BCUT2D eigenvalue weighted by Gasteiger charge is 2.58. The lowest BCUT2D eigenvalue weighted by atomic mass is 9.83. The molecule has 0 fully saturated rings. The quantitative estimate of drug-likeness (QED) is 0.714. The third kappa shape index (κ3) is 4.25. The molecule has 0 aliphatic carbocycles. The zero-order valence-corrected chi connectivity index (χ0v) is 15.7. The van der Waals surface area contributed by atoms with Crippen LogP contribution in [-0.2, 0) is 10.3 Å². The number of anilines is 1. The van der Waals surface area contributed by atoms with Crippen molar-refractivity contribution in [3.05, 3.63) is 59.2 Å². The summed E-state index contributed by atoms with van der Waals surface area (Å²) in [5, 5.41) is 11.1. The van der Waals surface area contributed by atoms with Gasteiger partial charge < -0.3 is 15.8 Å². The van der Waals surface area contributed by atoms with Gasteiger partial charge in [-0.15, -0.1) is 0 Å². The Bertz CT molecular complexity index is 1080. The van der Waals surface area contributed by atoms with Gasteiger partial charge in [0, 0.05) is 17.4 Å². The van der Waals surface area contributed by atoms with E-state index in [2.05, 4.69) is 20.0 Å². The van der Waals surface area contributed by atoms with Crippen LogP contribution in [0.25, 0.3) is 0 Å². The predicted octanol–water partition coefficient (Wildman–Crippen LogP) is 3.17. The van der Waals surface area contributed by atoms with Crippen molar-refractivity contribution >= 4 is 17.6 Å². The third-order valence-corrected chi connectivity index (χ3v) is 4.61. The van der Waals surface area contributed by atoms with Crippen LogP contribution in [0, 0.1) is 17.1 Å². The number of halogens is 5. The van der Waals surface area contributed by atoms with E-state index in [0.29, 0.717) is 0 Å². The first-order valence-corrected chi connectivity index (χ1v) is 8.66. The molecule has 0 spiro atoms. The minimum atomic E-state index is -5.12. The summed E-state index contributed by atoms with van der Waals surface area (Å²) < 4.78 is 73.2. The Morgan fingerprint density at radius 3 is 2.61 bits per heavy atom. The summed E-state index contributed by atoms with van der Waals surface area (Å²) in [6.07, 6.45) is -9.72. The normalized spacial score (nSPS) is 23.3. The van der Waals surface area contributed by atoms with Gasteiger partial charge in [0.15, 0.2) is 6.17 Å². The lowest BCUT2D eigenvalue weighted by molar-refractivity contribution is -0.227. The summed E-state index contributed by atoms with van der Waals surface area (Å²) in [5.41, 5.74) is 2.45. The molecule has 0 saturated carbocycles. The zero-order chi connectivity index (χ0) is 23.0. The number of aliphatic imine (C=N–C) groups is 1. The molecule has 162 valence electrons. The fraction of sp³-hybridized carbons (Fsp3) is 0.263. The number of benzene rings is 1. The SMILES string of the molecule is C[C@]1(c2cc(NC(=O)c3ccc(C#N)cn3)ccc2F)N=C(N)O[C@H](C(F)(F)F)[C@@H]1F. The molecule has 1 aromatic heterocycles. The second-order valence-corrected chi connectivity index (χ2v) is 6.77. The Morgan fingerprint density at radius 2 is 2.03 bits per heavy atom. The molecule has 1 aliphatic heterocycles. The highest BCUT2D eigenvalue weighted by atomic mass is 19.4. The van der Waals surface area contributed by atoms with E-state index in [-0.39, 0.29) is 16.9 Å². The molecule has 0 unspecified atom stereocenters. The van der Waals surface area contributed by atoms with E-state index in [1.165, 1.54) is 12.1 Å². The van der Waals surface area contributed by atoms with E-state index in [1.807, 2.05) is 6.07 Å². The number of ether oxygens (including phenoxy) is 1. The molecule has 0 bridgehead atoms. The number of amidine groups is 1. The second-order valence-electron chi connectivity index (χ2n) is 6.77. The van der Waals surface area contributed by atoms with E-state index in [9.17, 15) is 26.7 Å². The second kappa shape index (κ2) is 7.82. The lowest BCUT2D eigenvalue weighted by Crippen LogP contribution is -2.55. The number of carbonyl (C=O) groups excluding carboxylic acids is 1. The topological polar surface area (TPSA) is 113 Å². The first kappa shape index (κ1) is 21.9. The number of nitrogens with zero attached hydrogens (tertiary/aromatic N) is 3. The van der Waals surface area contributed by atoms with Gasteiger partial charge in [-0.2, -0.15) is 18.4 Å². The average Bonchev–Trinajstić information content (AvgIpc) is 2.71. The number of nitrogens with one attached hydrogen (secondary N) is 1. The van der Waals surface area contributed by atoms with Crippen molar-refractivity contribution in [1.29, 1.82) is 5.26 Å². The molecule has 3 N–H and O–H groups in total. The third-order valence-electron chi connectivity index (χ3n) is 4.61. The molecule has 3 atom stereocenters. The van der Waals surface area contributed by atoms with Crippen molar-refractivity contribution in [3.8, 4) is 6.07 Å². The number of amides is 1. The van der Waals surface area contributed by atoms with Crippen LogP contribution in [0.3, 0.4) is 0 Å². The maximum absolute atomic E-state index is 14.9. The van der Waals surface area contributed by atoms with Crippen LogP contribution in [0.4, 0.5) is 27.6 Å². The van der Waals surface area contributed by atoms with Gasteiger partial charge in [0.1, 0.15) is 23.1 Å². The molecule has 1 amide bonds. The van der Waals surface area contributed by atoms with Crippen LogP contribution in [0.2, 0.25) is 0 Å². The van der Waals surface area contributed by atoms with Crippen LogP contribution in [0.1, 0.15) is 28.5 Å².